The largest absolute Gasteiger partial charge is 0.465 e. The molecular weight excluding hydrogens is 424 g/mol. The lowest BCUT2D eigenvalue weighted by atomic mass is 10.0. The Morgan fingerprint density at radius 1 is 1.26 bits per heavy atom. The van der Waals surface area contributed by atoms with E-state index in [0.717, 1.165) is 0 Å². The average molecular weight is 457 g/mol. The number of amides is 3. The molecule has 0 saturated carbocycles. The second-order valence-corrected chi connectivity index (χ2v) is 10.2. The molecule has 1 atom stereocenters. The highest BCUT2D eigenvalue weighted by Crippen LogP contribution is 2.30. The first-order valence-electron chi connectivity index (χ1n) is 10.3. The predicted octanol–water partition coefficient (Wildman–Crippen LogP) is -0.314. The number of methoxy groups -OCH3 is 1. The van der Waals surface area contributed by atoms with Crippen LogP contribution in [0.3, 0.4) is 0 Å². The van der Waals surface area contributed by atoms with Crippen LogP contribution in [0.4, 0.5) is 4.79 Å². The number of nitrogens with one attached hydrogen (secondary N) is 1. The van der Waals surface area contributed by atoms with Crippen molar-refractivity contribution >= 4 is 29.7 Å². The van der Waals surface area contributed by atoms with Crippen LogP contribution in [0.15, 0.2) is 11.9 Å². The van der Waals surface area contributed by atoms with Crippen LogP contribution in [0.25, 0.3) is 0 Å². The predicted molar refractivity (Wildman–Crippen MR) is 116 cm³/mol. The van der Waals surface area contributed by atoms with E-state index in [0.29, 0.717) is 57.6 Å². The molecule has 0 aromatic rings. The normalized spacial score (nSPS) is 20.8. The Labute approximate surface area is 186 Å². The first-order chi connectivity index (χ1) is 14.6. The number of carboxylic acid groups (broad SMARTS) is 1. The van der Waals surface area contributed by atoms with Crippen LogP contribution >= 0.6 is 11.8 Å². The smallest absolute Gasteiger partial charge is 0.405 e. The van der Waals surface area contributed by atoms with Gasteiger partial charge in [-0.15, -0.1) is 0 Å². The molecule has 31 heavy (non-hydrogen) atoms. The number of thioether (sulfide) groups is 1. The summed E-state index contributed by atoms with van der Waals surface area (Å²) >= 11 is 1.50. The molecule has 3 aliphatic heterocycles. The van der Waals surface area contributed by atoms with Crippen LogP contribution in [-0.4, -0.2) is 125 Å². The van der Waals surface area contributed by atoms with Crippen molar-refractivity contribution in [3.05, 3.63) is 11.9 Å². The molecule has 2 N–H and O–H groups in total. The number of rotatable bonds is 8. The van der Waals surface area contributed by atoms with E-state index in [-0.39, 0.29) is 11.8 Å². The number of hydrazine groups is 1. The van der Waals surface area contributed by atoms with Gasteiger partial charge >= 0.3 is 6.09 Å². The van der Waals surface area contributed by atoms with Crippen molar-refractivity contribution in [2.45, 2.75) is 24.6 Å². The molecule has 2 fully saturated rings. The Balaban J connectivity index is 1.60. The van der Waals surface area contributed by atoms with Gasteiger partial charge in [-0.3, -0.25) is 9.59 Å². The molecule has 0 bridgehead atoms. The molecule has 3 rings (SSSR count). The number of hydrogen-bond acceptors (Lipinski definition) is 8. The lowest BCUT2D eigenvalue weighted by Crippen LogP contribution is -2.62. The second-order valence-electron chi connectivity index (χ2n) is 8.40. The number of carbonyl (C=O) groups is 3. The number of hydrogen-bond donors (Lipinski definition) is 2. The van der Waals surface area contributed by atoms with Gasteiger partial charge in [0.15, 0.2) is 0 Å². The van der Waals surface area contributed by atoms with Gasteiger partial charge in [0.05, 0.1) is 13.3 Å². The molecule has 12 heteroatoms. The standard InChI is InChI=1S/C19H32N6O5S/c1-19(2,31-10-9-30-4)15(20-18(28)29)17(27)22-5-7-24(8-6-22)25-13-23-12-21(3)11-14(23)16(25)26/h11,15,20H,5-10,12-13H2,1-4H3,(H,28,29)/t15-/m0/s1. The summed E-state index contributed by atoms with van der Waals surface area (Å²) in [6, 6.07) is -0.877. The molecule has 3 heterocycles. The molecule has 174 valence electrons. The van der Waals surface area contributed by atoms with Gasteiger partial charge in [0, 0.05) is 57.0 Å². The molecule has 0 unspecified atom stereocenters. The van der Waals surface area contributed by atoms with Gasteiger partial charge in [-0.2, -0.15) is 11.8 Å². The Bertz CT molecular complexity index is 739. The molecule has 3 amide bonds. The molecule has 11 nitrogen and oxygen atoms in total. The highest BCUT2D eigenvalue weighted by Gasteiger charge is 2.43. The molecule has 0 radical (unpaired) electrons. The van der Waals surface area contributed by atoms with Crippen LogP contribution in [0, 0.1) is 0 Å². The fourth-order valence-electron chi connectivity index (χ4n) is 4.03. The summed E-state index contributed by atoms with van der Waals surface area (Å²) in [4.78, 5) is 43.0. The quantitative estimate of drug-likeness (QED) is 0.475. The lowest BCUT2D eigenvalue weighted by Gasteiger charge is -2.42. The maximum absolute atomic E-state index is 13.2. The summed E-state index contributed by atoms with van der Waals surface area (Å²) in [6.07, 6.45) is 0.632. The molecule has 0 aliphatic carbocycles. The van der Waals surface area contributed by atoms with E-state index in [9.17, 15) is 19.5 Å². The van der Waals surface area contributed by atoms with Crippen molar-refractivity contribution in [1.29, 1.82) is 0 Å². The van der Waals surface area contributed by atoms with Gasteiger partial charge in [-0.25, -0.2) is 14.8 Å². The van der Waals surface area contributed by atoms with Crippen LogP contribution in [-0.2, 0) is 14.3 Å². The molecule has 2 saturated heterocycles. The van der Waals surface area contributed by atoms with Crippen molar-refractivity contribution < 1.29 is 24.2 Å². The second kappa shape index (κ2) is 9.53. The third-order valence-corrected chi connectivity index (χ3v) is 7.07. The summed E-state index contributed by atoms with van der Waals surface area (Å²) in [6.45, 7) is 7.34. The SMILES string of the molecule is COCCSC(C)(C)[C@@H](NC(=O)O)C(=O)N1CCN(N2CN3CN(C)C=C3C2=O)CC1. The van der Waals surface area contributed by atoms with Crippen molar-refractivity contribution in [3.8, 4) is 0 Å². The third-order valence-electron chi connectivity index (χ3n) is 5.72. The number of carbonyl (C=O) groups excluding carboxylic acids is 2. The highest BCUT2D eigenvalue weighted by atomic mass is 32.2. The van der Waals surface area contributed by atoms with E-state index >= 15 is 0 Å². The maximum atomic E-state index is 13.2. The fraction of sp³-hybridized carbons (Fsp3) is 0.737. The topological polar surface area (TPSA) is 109 Å². The summed E-state index contributed by atoms with van der Waals surface area (Å²) in [7, 11) is 3.54. The van der Waals surface area contributed by atoms with E-state index in [1.54, 1.807) is 17.0 Å². The van der Waals surface area contributed by atoms with Gasteiger partial charge in [0.25, 0.3) is 5.91 Å². The Morgan fingerprint density at radius 2 is 1.94 bits per heavy atom. The zero-order chi connectivity index (χ0) is 22.8. The van der Waals surface area contributed by atoms with Gasteiger partial charge in [-0.05, 0) is 13.8 Å². The minimum absolute atomic E-state index is 0.0229. The monoisotopic (exact) mass is 456 g/mol. The van der Waals surface area contributed by atoms with Crippen LogP contribution in [0.1, 0.15) is 13.8 Å². The summed E-state index contributed by atoms with van der Waals surface area (Å²) in [5.41, 5.74) is 0.696. The van der Waals surface area contributed by atoms with Gasteiger partial charge in [-0.1, -0.05) is 0 Å². The molecule has 0 aromatic carbocycles. The summed E-state index contributed by atoms with van der Waals surface area (Å²) in [5, 5.41) is 15.4. The number of nitrogens with zero attached hydrogens (tertiary/aromatic N) is 5. The Morgan fingerprint density at radius 3 is 2.52 bits per heavy atom. The molecule has 0 spiro atoms. The van der Waals surface area contributed by atoms with Gasteiger partial charge < -0.3 is 29.9 Å². The lowest BCUT2D eigenvalue weighted by molar-refractivity contribution is -0.149. The third kappa shape index (κ3) is 5.18. The minimum Gasteiger partial charge on any atom is -0.465 e. The van der Waals surface area contributed by atoms with E-state index < -0.39 is 16.9 Å². The van der Waals surface area contributed by atoms with Crippen molar-refractivity contribution in [1.82, 2.24) is 30.0 Å². The van der Waals surface area contributed by atoms with E-state index in [2.05, 4.69) is 5.32 Å². The summed E-state index contributed by atoms with van der Waals surface area (Å²) in [5.74, 6) is 0.390. The Hall–Kier alpha value is -2.18. The highest BCUT2D eigenvalue weighted by molar-refractivity contribution is 8.00. The van der Waals surface area contributed by atoms with Gasteiger partial charge in [0.2, 0.25) is 5.91 Å². The average Bonchev–Trinajstić information content (AvgIpc) is 3.22. The van der Waals surface area contributed by atoms with E-state index in [4.69, 9.17) is 4.74 Å². The number of piperazine rings is 1. The molecular formula is C19H32N6O5S. The fourth-order valence-corrected chi connectivity index (χ4v) is 5.13. The zero-order valence-corrected chi connectivity index (χ0v) is 19.4. The maximum Gasteiger partial charge on any atom is 0.405 e. The number of ether oxygens (including phenoxy) is 1. The van der Waals surface area contributed by atoms with Crippen LogP contribution in [0.2, 0.25) is 0 Å². The first kappa shape index (κ1) is 23.5. The van der Waals surface area contributed by atoms with Crippen molar-refractivity contribution in [2.24, 2.45) is 0 Å². The summed E-state index contributed by atoms with van der Waals surface area (Å²) < 4.78 is 4.44. The van der Waals surface area contributed by atoms with E-state index in [1.165, 1.54) is 11.8 Å². The number of fused-ring (bicyclic) bond motifs is 1. The molecule has 3 aliphatic rings. The zero-order valence-electron chi connectivity index (χ0n) is 18.5. The van der Waals surface area contributed by atoms with Crippen molar-refractivity contribution in [3.63, 3.8) is 0 Å². The van der Waals surface area contributed by atoms with E-state index in [1.807, 2.05) is 41.9 Å². The minimum atomic E-state index is -1.22. The van der Waals surface area contributed by atoms with Gasteiger partial charge in [0.1, 0.15) is 18.4 Å². The van der Waals surface area contributed by atoms with Crippen LogP contribution < -0.4 is 5.32 Å². The molecule has 0 aromatic heterocycles. The first-order valence-corrected chi connectivity index (χ1v) is 11.3. The van der Waals surface area contributed by atoms with Crippen molar-refractivity contribution in [2.75, 3.05) is 66.0 Å². The Kier molecular flexibility index (Phi) is 7.22. The van der Waals surface area contributed by atoms with Crippen LogP contribution in [0.5, 0.6) is 0 Å².